The first kappa shape index (κ1) is 89.8. The van der Waals surface area contributed by atoms with E-state index in [4.69, 9.17) is 19.9 Å². The molecule has 20 aromatic carbocycles. The highest BCUT2D eigenvalue weighted by atomic mass is 15.0. The molecule has 0 atom stereocenters. The molecule has 0 aliphatic carbocycles. The van der Waals surface area contributed by atoms with Gasteiger partial charge in [-0.25, -0.2) is 19.9 Å². The van der Waals surface area contributed by atoms with Gasteiger partial charge >= 0.3 is 0 Å². The van der Waals surface area contributed by atoms with E-state index in [1.807, 2.05) is 121 Å². The number of rotatable bonds is 17. The number of nitriles is 4. The predicted octanol–water partition coefficient (Wildman–Crippen LogP) is 34.7. The molecule has 12 nitrogen and oxygen atoms in total. The highest BCUT2D eigenvalue weighted by Crippen LogP contribution is 2.48. The van der Waals surface area contributed by atoms with E-state index in [1.54, 1.807) is 0 Å². The van der Waals surface area contributed by atoms with E-state index >= 15 is 0 Å². The fourth-order valence-corrected chi connectivity index (χ4v) is 22.7. The first-order valence-electron chi connectivity index (χ1n) is 50.4. The molecule has 6 aromatic heterocycles. The molecule has 0 N–H and O–H groups in total. The van der Waals surface area contributed by atoms with E-state index in [0.717, 1.165) is 205 Å². The number of nitrogens with zero attached hydrogens (tertiary/aromatic N) is 12. The van der Waals surface area contributed by atoms with E-state index in [1.165, 1.54) is 27.8 Å². The molecule has 0 fully saturated rings. The Kier molecular flexibility index (Phi) is 21.9. The van der Waals surface area contributed by atoms with Crippen LogP contribution in [0.3, 0.4) is 0 Å². The Morgan fingerprint density at radius 1 is 0.160 bits per heavy atom. The molecule has 12 heteroatoms. The minimum atomic E-state index is 0.420. The molecule has 0 bridgehead atoms. The molecule has 26 aromatic rings. The summed E-state index contributed by atoms with van der Waals surface area (Å²) >= 11 is 0. The molecule has 150 heavy (non-hydrogen) atoms. The van der Waals surface area contributed by atoms with Crippen LogP contribution in [0.25, 0.3) is 256 Å². The van der Waals surface area contributed by atoms with Gasteiger partial charge in [0.25, 0.3) is 0 Å². The van der Waals surface area contributed by atoms with Gasteiger partial charge in [-0.05, 0) is 323 Å². The standard InChI is InChI=1S/C138H90N12/c1-83-25-13-18-34-107(83)93-50-61-131-121(67-93)122-68-94(108-35-19-14-26-84(108)2)51-62-132(122)147(131)103-54-43-99(79-139)116(73-103)125-77-126(144-137(143-125)89-30-9-7-10-31-89)117-74-104(55-44-100(117)80-140)148-133-63-52-95(109-36-20-15-27-85(109)3)69-123(133)124-70-96(53-64-134(124)148)115-65-91(42-41-88(115)6)92-49-60-130-120(66-92)114-59-48-98(111-38-22-17-29-87(111)5)72-136(114)150(130)106-57-46-102(82-142)119(76-106)128-78-127(145-138(146-128)90-32-11-8-12-33-90)118-75-105(56-45-101(118)81-141)149-129-40-24-23-39-112(129)113-58-47-97(71-135(113)149)110-37-21-16-28-86(110)4/h7-78H,1-6H3. The van der Waals surface area contributed by atoms with Gasteiger partial charge in [0.1, 0.15) is 0 Å². The lowest BCUT2D eigenvalue weighted by molar-refractivity contribution is 1.15. The van der Waals surface area contributed by atoms with Crippen molar-refractivity contribution in [3.05, 3.63) is 492 Å². The molecule has 0 saturated heterocycles. The summed E-state index contributed by atoms with van der Waals surface area (Å²) in [6.45, 7) is 13.0. The smallest absolute Gasteiger partial charge is 0.160 e. The van der Waals surface area contributed by atoms with E-state index in [0.29, 0.717) is 78.9 Å². The minimum Gasteiger partial charge on any atom is -0.309 e. The Hall–Kier alpha value is -20.3. The molecule has 702 valence electrons. The van der Waals surface area contributed by atoms with Gasteiger partial charge in [0, 0.05) is 99.2 Å². The van der Waals surface area contributed by atoms with Gasteiger partial charge in [-0.3, -0.25) is 0 Å². The van der Waals surface area contributed by atoms with Crippen LogP contribution in [-0.4, -0.2) is 38.2 Å². The van der Waals surface area contributed by atoms with Crippen LogP contribution in [0.1, 0.15) is 55.6 Å². The van der Waals surface area contributed by atoms with Crippen molar-refractivity contribution in [1.29, 1.82) is 21.0 Å². The van der Waals surface area contributed by atoms with Crippen LogP contribution in [0.5, 0.6) is 0 Å². The summed E-state index contributed by atoms with van der Waals surface area (Å²) in [4.78, 5) is 21.6. The maximum absolute atomic E-state index is 11.5. The van der Waals surface area contributed by atoms with E-state index in [2.05, 4.69) is 400 Å². The third-order valence-corrected chi connectivity index (χ3v) is 30.3. The lowest BCUT2D eigenvalue weighted by Gasteiger charge is -2.15. The van der Waals surface area contributed by atoms with Crippen LogP contribution >= 0.6 is 0 Å². The van der Waals surface area contributed by atoms with Gasteiger partial charge in [-0.2, -0.15) is 21.0 Å². The summed E-state index contributed by atoms with van der Waals surface area (Å²) in [6.07, 6.45) is 0. The molecule has 0 aliphatic heterocycles. The van der Waals surface area contributed by atoms with Crippen molar-refractivity contribution in [1.82, 2.24) is 38.2 Å². The average molecular weight is 1920 g/mol. The summed E-state index contributed by atoms with van der Waals surface area (Å²) in [7, 11) is 0. The van der Waals surface area contributed by atoms with Crippen LogP contribution < -0.4 is 0 Å². The molecule has 0 aliphatic rings. The maximum Gasteiger partial charge on any atom is 0.160 e. The number of hydrogen-bond donors (Lipinski definition) is 0. The fourth-order valence-electron chi connectivity index (χ4n) is 22.7. The molecular formula is C138H90N12. The molecule has 0 spiro atoms. The summed E-state index contributed by atoms with van der Waals surface area (Å²) in [5, 5.41) is 54.0. The van der Waals surface area contributed by atoms with Crippen molar-refractivity contribution in [2.75, 3.05) is 0 Å². The molecular weight excluding hydrogens is 1830 g/mol. The second kappa shape index (κ2) is 36.5. The lowest BCUT2D eigenvalue weighted by atomic mass is 9.93. The van der Waals surface area contributed by atoms with Gasteiger partial charge < -0.3 is 18.3 Å². The number of hydrogen-bond acceptors (Lipinski definition) is 8. The van der Waals surface area contributed by atoms with Crippen LogP contribution in [0.4, 0.5) is 0 Å². The maximum atomic E-state index is 11.5. The van der Waals surface area contributed by atoms with Gasteiger partial charge in [0.15, 0.2) is 11.6 Å². The number of fused-ring (bicyclic) bond motifs is 12. The zero-order valence-electron chi connectivity index (χ0n) is 82.9. The van der Waals surface area contributed by atoms with Gasteiger partial charge in [0.05, 0.1) is 113 Å². The molecule has 0 radical (unpaired) electrons. The third-order valence-electron chi connectivity index (χ3n) is 30.3. The second-order valence-corrected chi connectivity index (χ2v) is 39.1. The topological polar surface area (TPSA) is 166 Å². The van der Waals surface area contributed by atoms with E-state index in [-0.39, 0.29) is 0 Å². The van der Waals surface area contributed by atoms with Crippen LogP contribution in [0, 0.1) is 86.9 Å². The zero-order valence-corrected chi connectivity index (χ0v) is 82.9. The van der Waals surface area contributed by atoms with Gasteiger partial charge in [0.2, 0.25) is 0 Å². The third kappa shape index (κ3) is 15.3. The molecule has 6 heterocycles. The summed E-state index contributed by atoms with van der Waals surface area (Å²) in [5.41, 5.74) is 41.5. The number of aryl methyl sites for hydroxylation is 6. The highest BCUT2D eigenvalue weighted by Gasteiger charge is 2.28. The van der Waals surface area contributed by atoms with Gasteiger partial charge in [-0.1, -0.05) is 267 Å². The predicted molar refractivity (Wildman–Crippen MR) is 613 cm³/mol. The van der Waals surface area contributed by atoms with E-state index in [9.17, 15) is 21.0 Å². The summed E-state index contributed by atoms with van der Waals surface area (Å²) < 4.78 is 9.22. The summed E-state index contributed by atoms with van der Waals surface area (Å²) in [5.74, 6) is 0.882. The number of para-hydroxylation sites is 1. The molecule has 0 saturated carbocycles. The average Bonchev–Trinajstić information content (AvgIpc) is 1.58. The van der Waals surface area contributed by atoms with Crippen molar-refractivity contribution < 1.29 is 0 Å². The Morgan fingerprint density at radius 3 is 0.740 bits per heavy atom. The van der Waals surface area contributed by atoms with Crippen molar-refractivity contribution >= 4 is 87.2 Å². The second-order valence-electron chi connectivity index (χ2n) is 39.1. The molecule has 0 unspecified atom stereocenters. The van der Waals surface area contributed by atoms with Crippen LogP contribution in [-0.2, 0) is 0 Å². The first-order chi connectivity index (χ1) is 73.6. The Balaban J connectivity index is 0.593. The molecule has 0 amide bonds. The quantitative estimate of drug-likeness (QED) is 0.0868. The Labute approximate surface area is 867 Å². The largest absolute Gasteiger partial charge is 0.309 e. The van der Waals surface area contributed by atoms with Crippen molar-refractivity contribution in [2.24, 2.45) is 0 Å². The highest BCUT2D eigenvalue weighted by molar-refractivity contribution is 6.16. The lowest BCUT2D eigenvalue weighted by Crippen LogP contribution is -2.01. The molecule has 26 rings (SSSR count). The SMILES string of the molecule is Cc1ccccc1-c1ccc2c(c1)c1cc(-c3ccccc3C)ccc1n2-c1ccc(C#N)c(-c2cc(-c3cc(-n4c5ccc(-c6ccccc6C)cc5c5cc(-c6cc(-c7ccc8c(c7)c7ccc(-c9ccccc9C)cc7n8-c7ccc(C#N)c(-c8cc(-c9cc(-n%10c%11ccccc%11c%11ccc(-c%12ccccc%12C)cc%11%10)ccc9C#N)nc(-c9ccccc9)n8)c7)ccc6C)ccc54)ccc3C#N)nc(-c3ccccc3)n2)c1. The van der Waals surface area contributed by atoms with Crippen LogP contribution in [0.15, 0.2) is 437 Å². The van der Waals surface area contributed by atoms with Crippen LogP contribution in [0.2, 0.25) is 0 Å². The van der Waals surface area contributed by atoms with Crippen molar-refractivity contribution in [2.45, 2.75) is 41.5 Å². The monoisotopic (exact) mass is 1910 g/mol. The van der Waals surface area contributed by atoms with Gasteiger partial charge in [-0.15, -0.1) is 0 Å². The first-order valence-corrected chi connectivity index (χ1v) is 50.4. The van der Waals surface area contributed by atoms with Crippen molar-refractivity contribution in [3.8, 4) is 193 Å². The Morgan fingerprint density at radius 2 is 0.400 bits per heavy atom. The fraction of sp³-hybridized carbons (Fsp3) is 0.0435. The summed E-state index contributed by atoms with van der Waals surface area (Å²) in [6, 6.07) is 163. The number of aromatic nitrogens is 8. The number of benzene rings is 20. The van der Waals surface area contributed by atoms with Crippen molar-refractivity contribution in [3.63, 3.8) is 0 Å². The Bertz CT molecular complexity index is 10300. The van der Waals surface area contributed by atoms with E-state index < -0.39 is 0 Å². The minimum absolute atomic E-state index is 0.420. The normalized spacial score (nSPS) is 11.5. The zero-order chi connectivity index (χ0) is 101.